The van der Waals surface area contributed by atoms with Crippen molar-refractivity contribution in [2.75, 3.05) is 0 Å². The van der Waals surface area contributed by atoms with Gasteiger partial charge in [0.1, 0.15) is 0 Å². The molecule has 1 N–H and O–H groups in total. The van der Waals surface area contributed by atoms with Gasteiger partial charge in [0, 0.05) is 11.3 Å². The quantitative estimate of drug-likeness (QED) is 0.766. The highest BCUT2D eigenvalue weighted by molar-refractivity contribution is 7.10. The molecule has 0 bridgehead atoms. The fourth-order valence-electron chi connectivity index (χ4n) is 0.862. The van der Waals surface area contributed by atoms with Crippen molar-refractivity contribution < 1.29 is 9.90 Å². The second kappa shape index (κ2) is 4.48. The number of carboxylic acids is 1. The van der Waals surface area contributed by atoms with Gasteiger partial charge in [-0.15, -0.1) is 22.9 Å². The number of carboxylic acid groups (broad SMARTS) is 1. The lowest BCUT2D eigenvalue weighted by Crippen LogP contribution is -1.96. The van der Waals surface area contributed by atoms with Gasteiger partial charge in [0.15, 0.2) is 0 Å². The largest absolute Gasteiger partial charge is 0.481 e. The molecule has 4 heteroatoms. The molecule has 0 aliphatic carbocycles. The Kier molecular flexibility index (Phi) is 3.56. The number of hydrogen-bond acceptors (Lipinski definition) is 2. The lowest BCUT2D eigenvalue weighted by Gasteiger charge is -2.03. The van der Waals surface area contributed by atoms with Gasteiger partial charge in [-0.2, -0.15) is 0 Å². The molecule has 12 heavy (non-hydrogen) atoms. The molecular weight excluding hydrogens is 196 g/mol. The van der Waals surface area contributed by atoms with Crippen LogP contribution in [0.1, 0.15) is 23.1 Å². The van der Waals surface area contributed by atoms with E-state index in [4.69, 9.17) is 16.7 Å². The Balaban J connectivity index is 2.39. The first-order valence-electron chi connectivity index (χ1n) is 3.59. The van der Waals surface area contributed by atoms with Gasteiger partial charge in [0.25, 0.3) is 0 Å². The zero-order chi connectivity index (χ0) is 8.97. The van der Waals surface area contributed by atoms with Gasteiger partial charge in [0.05, 0.1) is 5.38 Å². The van der Waals surface area contributed by atoms with Gasteiger partial charge in [0.2, 0.25) is 0 Å². The zero-order valence-electron chi connectivity index (χ0n) is 6.37. The molecule has 2 nitrogen and oxygen atoms in total. The zero-order valence-corrected chi connectivity index (χ0v) is 7.94. The van der Waals surface area contributed by atoms with Crippen LogP contribution in [0.2, 0.25) is 0 Å². The molecule has 0 aromatic carbocycles. The van der Waals surface area contributed by atoms with Crippen molar-refractivity contribution in [1.82, 2.24) is 0 Å². The number of aliphatic carboxylic acids is 1. The maximum Gasteiger partial charge on any atom is 0.303 e. The number of thiophene rings is 1. The van der Waals surface area contributed by atoms with E-state index in [0.717, 1.165) is 4.88 Å². The Hall–Kier alpha value is -0.540. The fraction of sp³-hybridized carbons (Fsp3) is 0.375. The van der Waals surface area contributed by atoms with Crippen LogP contribution in [-0.4, -0.2) is 11.1 Å². The van der Waals surface area contributed by atoms with Gasteiger partial charge in [-0.25, -0.2) is 0 Å². The van der Waals surface area contributed by atoms with Crippen LogP contribution in [0.5, 0.6) is 0 Å². The predicted octanol–water partition coefficient (Wildman–Crippen LogP) is 2.89. The smallest absolute Gasteiger partial charge is 0.303 e. The van der Waals surface area contributed by atoms with Crippen LogP contribution >= 0.6 is 22.9 Å². The van der Waals surface area contributed by atoms with Crippen LogP contribution in [0, 0.1) is 0 Å². The molecule has 1 heterocycles. The summed E-state index contributed by atoms with van der Waals surface area (Å²) in [6, 6.07) is 3.83. The van der Waals surface area contributed by atoms with Crippen molar-refractivity contribution in [3.05, 3.63) is 22.4 Å². The molecule has 0 spiro atoms. The van der Waals surface area contributed by atoms with Crippen molar-refractivity contribution in [1.29, 1.82) is 0 Å². The van der Waals surface area contributed by atoms with Crippen molar-refractivity contribution >= 4 is 28.9 Å². The summed E-state index contributed by atoms with van der Waals surface area (Å²) >= 11 is 7.50. The molecule has 0 fully saturated rings. The molecule has 0 amide bonds. The van der Waals surface area contributed by atoms with Crippen LogP contribution in [0.15, 0.2) is 17.5 Å². The minimum atomic E-state index is -0.794. The monoisotopic (exact) mass is 204 g/mol. The summed E-state index contributed by atoms with van der Waals surface area (Å²) in [5.41, 5.74) is 0. The molecule has 0 aliphatic rings. The highest BCUT2D eigenvalue weighted by Crippen LogP contribution is 2.28. The maximum atomic E-state index is 10.2. The number of rotatable bonds is 4. The summed E-state index contributed by atoms with van der Waals surface area (Å²) in [4.78, 5) is 11.3. The Labute approximate surface area is 79.8 Å². The van der Waals surface area contributed by atoms with E-state index in [-0.39, 0.29) is 11.8 Å². The molecule has 0 saturated heterocycles. The van der Waals surface area contributed by atoms with Crippen molar-refractivity contribution in [3.63, 3.8) is 0 Å². The summed E-state index contributed by atoms with van der Waals surface area (Å²) in [5.74, 6) is -0.794. The Morgan fingerprint density at radius 3 is 3.00 bits per heavy atom. The van der Waals surface area contributed by atoms with Gasteiger partial charge >= 0.3 is 5.97 Å². The first kappa shape index (κ1) is 9.55. The molecule has 1 unspecified atom stereocenters. The molecule has 0 radical (unpaired) electrons. The summed E-state index contributed by atoms with van der Waals surface area (Å²) in [6.45, 7) is 0. The Bertz CT molecular complexity index is 246. The predicted molar refractivity (Wildman–Crippen MR) is 49.8 cm³/mol. The average Bonchev–Trinajstić information content (AvgIpc) is 2.51. The first-order valence-corrected chi connectivity index (χ1v) is 4.91. The topological polar surface area (TPSA) is 37.3 Å². The number of halogens is 1. The lowest BCUT2D eigenvalue weighted by molar-refractivity contribution is -0.137. The van der Waals surface area contributed by atoms with E-state index in [1.54, 1.807) is 11.3 Å². The number of carbonyl (C=O) groups is 1. The van der Waals surface area contributed by atoms with Gasteiger partial charge in [-0.05, 0) is 17.9 Å². The third-order valence-corrected chi connectivity index (χ3v) is 3.03. The van der Waals surface area contributed by atoms with Crippen LogP contribution in [-0.2, 0) is 4.79 Å². The molecule has 0 aliphatic heterocycles. The van der Waals surface area contributed by atoms with Crippen molar-refractivity contribution in [3.8, 4) is 0 Å². The van der Waals surface area contributed by atoms with E-state index in [9.17, 15) is 4.79 Å². The molecular formula is C8H9ClO2S. The van der Waals surface area contributed by atoms with Crippen LogP contribution < -0.4 is 0 Å². The Morgan fingerprint density at radius 2 is 2.50 bits per heavy atom. The van der Waals surface area contributed by atoms with E-state index < -0.39 is 5.97 Å². The summed E-state index contributed by atoms with van der Waals surface area (Å²) in [6.07, 6.45) is 0.628. The maximum absolute atomic E-state index is 10.2. The van der Waals surface area contributed by atoms with Gasteiger partial charge in [-0.3, -0.25) is 4.79 Å². The van der Waals surface area contributed by atoms with Crippen molar-refractivity contribution in [2.24, 2.45) is 0 Å². The lowest BCUT2D eigenvalue weighted by atomic mass is 10.2. The third kappa shape index (κ3) is 2.83. The van der Waals surface area contributed by atoms with Gasteiger partial charge in [-0.1, -0.05) is 6.07 Å². The van der Waals surface area contributed by atoms with Crippen molar-refractivity contribution in [2.45, 2.75) is 18.2 Å². The van der Waals surface area contributed by atoms with Crippen LogP contribution in [0.25, 0.3) is 0 Å². The van der Waals surface area contributed by atoms with E-state index in [1.165, 1.54) is 0 Å². The molecule has 1 atom stereocenters. The van der Waals surface area contributed by atoms with E-state index in [0.29, 0.717) is 6.42 Å². The average molecular weight is 205 g/mol. The van der Waals surface area contributed by atoms with Gasteiger partial charge < -0.3 is 5.11 Å². The second-order valence-electron chi connectivity index (χ2n) is 2.42. The highest BCUT2D eigenvalue weighted by atomic mass is 35.5. The molecule has 1 rings (SSSR count). The molecule has 1 aromatic rings. The molecule has 1 aromatic heterocycles. The molecule has 0 saturated carbocycles. The van der Waals surface area contributed by atoms with E-state index in [1.807, 2.05) is 17.5 Å². The summed E-state index contributed by atoms with van der Waals surface area (Å²) in [7, 11) is 0. The standard InChI is InChI=1S/C8H9ClO2S/c9-6(3-4-8(10)11)7-2-1-5-12-7/h1-2,5-6H,3-4H2,(H,10,11). The molecule has 66 valence electrons. The highest BCUT2D eigenvalue weighted by Gasteiger charge is 2.10. The van der Waals surface area contributed by atoms with E-state index >= 15 is 0 Å². The van der Waals surface area contributed by atoms with Crippen LogP contribution in [0.3, 0.4) is 0 Å². The SMILES string of the molecule is O=C(O)CCC(Cl)c1cccs1. The fourth-order valence-corrected chi connectivity index (χ4v) is 1.94. The van der Waals surface area contributed by atoms with E-state index in [2.05, 4.69) is 0 Å². The summed E-state index contributed by atoms with van der Waals surface area (Å²) < 4.78 is 0. The Morgan fingerprint density at radius 1 is 1.75 bits per heavy atom. The normalized spacial score (nSPS) is 12.8. The second-order valence-corrected chi connectivity index (χ2v) is 3.92. The minimum Gasteiger partial charge on any atom is -0.481 e. The summed E-state index contributed by atoms with van der Waals surface area (Å²) in [5, 5.41) is 10.2. The minimum absolute atomic E-state index is 0.131. The third-order valence-electron chi connectivity index (χ3n) is 1.46. The first-order chi connectivity index (χ1) is 5.70. The van der Waals surface area contributed by atoms with Crippen LogP contribution in [0.4, 0.5) is 0 Å². The number of alkyl halides is 1. The number of hydrogen-bond donors (Lipinski definition) is 1.